The quantitative estimate of drug-likeness (QED) is 0.597. The van der Waals surface area contributed by atoms with Crippen molar-refractivity contribution < 1.29 is 0 Å². The summed E-state index contributed by atoms with van der Waals surface area (Å²) in [6.07, 6.45) is 5.61. The van der Waals surface area contributed by atoms with E-state index in [1.165, 1.54) is 21.6 Å². The monoisotopic (exact) mass is 310 g/mol. The molecule has 0 aromatic heterocycles. The molecule has 23 heavy (non-hydrogen) atoms. The van der Waals surface area contributed by atoms with E-state index in [0.717, 1.165) is 12.3 Å². The molecule has 0 saturated carbocycles. The van der Waals surface area contributed by atoms with Gasteiger partial charge in [-0.2, -0.15) is 0 Å². The van der Waals surface area contributed by atoms with Gasteiger partial charge < -0.3 is 0 Å². The summed E-state index contributed by atoms with van der Waals surface area (Å²) in [5.41, 5.74) is 2.76. The molecule has 2 aromatic carbocycles. The topological polar surface area (TPSA) is 0 Å². The molecule has 1 aliphatic carbocycles. The highest BCUT2D eigenvalue weighted by atomic mass is 14.0. The van der Waals surface area contributed by atoms with Gasteiger partial charge in [-0.1, -0.05) is 103 Å². The van der Waals surface area contributed by atoms with Crippen LogP contribution >= 0.6 is 0 Å². The Balaban J connectivity index is 0.000000523. The number of benzene rings is 2. The first-order chi connectivity index (χ1) is 11.2. The van der Waals surface area contributed by atoms with Crippen molar-refractivity contribution in [1.29, 1.82) is 0 Å². The van der Waals surface area contributed by atoms with Gasteiger partial charge >= 0.3 is 0 Å². The third kappa shape index (κ3) is 7.83. The van der Waals surface area contributed by atoms with Gasteiger partial charge in [0.2, 0.25) is 0 Å². The van der Waals surface area contributed by atoms with Gasteiger partial charge in [0.05, 0.1) is 0 Å². The first kappa shape index (κ1) is 21.2. The Morgan fingerprint density at radius 1 is 0.696 bits per heavy atom. The predicted octanol–water partition coefficient (Wildman–Crippen LogP) is 5.57. The van der Waals surface area contributed by atoms with E-state index in [2.05, 4.69) is 81.5 Å². The zero-order chi connectivity index (χ0) is 17.7. The van der Waals surface area contributed by atoms with E-state index in [-0.39, 0.29) is 0 Å². The van der Waals surface area contributed by atoms with E-state index in [4.69, 9.17) is 0 Å². The minimum atomic E-state index is 0.833. The second-order valence-corrected chi connectivity index (χ2v) is 5.61. The lowest BCUT2D eigenvalue weighted by atomic mass is 10.1. The third-order valence-electron chi connectivity index (χ3n) is 2.90. The van der Waals surface area contributed by atoms with Gasteiger partial charge in [-0.05, 0) is 40.0 Å². The van der Waals surface area contributed by atoms with E-state index in [1.807, 2.05) is 27.7 Å². The SMILES string of the molecule is C1=c2ccccc2=Cc2ccccc2C1.CC.CC.CC(C)C. The van der Waals surface area contributed by atoms with Crippen LogP contribution in [0, 0.1) is 5.92 Å². The zero-order valence-corrected chi connectivity index (χ0v) is 16.1. The lowest BCUT2D eigenvalue weighted by Gasteiger charge is -1.99. The molecule has 0 nitrogen and oxygen atoms in total. The summed E-state index contributed by atoms with van der Waals surface area (Å²) in [6, 6.07) is 17.1. The van der Waals surface area contributed by atoms with Crippen LogP contribution in [0.4, 0.5) is 0 Å². The maximum absolute atomic E-state index is 2.30. The molecule has 1 aliphatic rings. The molecule has 0 saturated heterocycles. The maximum atomic E-state index is 2.30. The molecule has 0 bridgehead atoms. The number of fused-ring (bicyclic) bond motifs is 2. The van der Waals surface area contributed by atoms with Crippen LogP contribution in [-0.2, 0) is 6.42 Å². The molecular formula is C23H34. The molecule has 0 spiro atoms. The first-order valence-electron chi connectivity index (χ1n) is 9.01. The smallest absolute Gasteiger partial charge is 0.00823 e. The van der Waals surface area contributed by atoms with E-state index in [0.29, 0.717) is 0 Å². The van der Waals surface area contributed by atoms with Crippen molar-refractivity contribution in [1.82, 2.24) is 0 Å². The summed E-state index contributed by atoms with van der Waals surface area (Å²) in [7, 11) is 0. The Hall–Kier alpha value is -1.82. The molecule has 0 N–H and O–H groups in total. The molecule has 0 atom stereocenters. The second-order valence-electron chi connectivity index (χ2n) is 5.61. The highest BCUT2D eigenvalue weighted by Crippen LogP contribution is 2.11. The molecule has 126 valence electrons. The highest BCUT2D eigenvalue weighted by molar-refractivity contribution is 5.58. The highest BCUT2D eigenvalue weighted by Gasteiger charge is 2.00. The Morgan fingerprint density at radius 2 is 1.17 bits per heavy atom. The molecule has 3 rings (SSSR count). The van der Waals surface area contributed by atoms with Crippen molar-refractivity contribution in [3.63, 3.8) is 0 Å². The molecule has 0 heterocycles. The van der Waals surface area contributed by atoms with Gasteiger partial charge in [0, 0.05) is 0 Å². The van der Waals surface area contributed by atoms with Crippen LogP contribution in [0.2, 0.25) is 0 Å². The summed E-state index contributed by atoms with van der Waals surface area (Å²) in [4.78, 5) is 0. The molecule has 0 fully saturated rings. The van der Waals surface area contributed by atoms with Crippen LogP contribution in [0.25, 0.3) is 12.2 Å². The van der Waals surface area contributed by atoms with Crippen molar-refractivity contribution in [3.8, 4) is 0 Å². The summed E-state index contributed by atoms with van der Waals surface area (Å²) in [5.74, 6) is 0.833. The molecule has 0 unspecified atom stereocenters. The van der Waals surface area contributed by atoms with Crippen molar-refractivity contribution in [2.75, 3.05) is 0 Å². The molecule has 2 aromatic rings. The molecule has 0 aliphatic heterocycles. The Labute approximate surface area is 143 Å². The van der Waals surface area contributed by atoms with Crippen LogP contribution < -0.4 is 10.4 Å². The summed E-state index contributed by atoms with van der Waals surface area (Å²) >= 11 is 0. The van der Waals surface area contributed by atoms with Crippen molar-refractivity contribution in [2.24, 2.45) is 5.92 Å². The first-order valence-corrected chi connectivity index (χ1v) is 9.01. The Bertz CT molecular complexity index is 645. The lowest BCUT2D eigenvalue weighted by Crippen LogP contribution is -2.22. The number of rotatable bonds is 0. The lowest BCUT2D eigenvalue weighted by molar-refractivity contribution is 0.737. The van der Waals surface area contributed by atoms with Crippen molar-refractivity contribution in [3.05, 3.63) is 70.1 Å². The van der Waals surface area contributed by atoms with Crippen LogP contribution in [0.15, 0.2) is 48.5 Å². The fraction of sp³-hybridized carbons (Fsp3) is 0.391. The third-order valence-corrected chi connectivity index (χ3v) is 2.90. The maximum Gasteiger partial charge on any atom is -0.00823 e. The van der Waals surface area contributed by atoms with E-state index in [9.17, 15) is 0 Å². The van der Waals surface area contributed by atoms with Gasteiger partial charge in [0.25, 0.3) is 0 Å². The largest absolute Gasteiger partial charge is 0.0722 e. The average Bonchev–Trinajstić information content (AvgIpc) is 2.77. The van der Waals surface area contributed by atoms with Gasteiger partial charge in [0.1, 0.15) is 0 Å². The van der Waals surface area contributed by atoms with Gasteiger partial charge in [0.15, 0.2) is 0 Å². The minimum absolute atomic E-state index is 0.833. The number of hydrogen-bond donors (Lipinski definition) is 0. The van der Waals surface area contributed by atoms with Gasteiger partial charge in [-0.3, -0.25) is 0 Å². The number of hydrogen-bond acceptors (Lipinski definition) is 0. The Kier molecular flexibility index (Phi) is 11.7. The summed E-state index contributed by atoms with van der Waals surface area (Å²) in [6.45, 7) is 14.5. The standard InChI is InChI=1S/C15H12.C4H10.2C2H6/c1-3-7-14-11-15-8-4-2-6-13(15)10-9-12(14)5-1;1-4(2)3;2*1-2/h1-9,11H,10H2;4H,1-3H3;2*1-2H3. The summed E-state index contributed by atoms with van der Waals surface area (Å²) < 4.78 is 0. The Morgan fingerprint density at radius 3 is 1.78 bits per heavy atom. The minimum Gasteiger partial charge on any atom is -0.0722 e. The zero-order valence-electron chi connectivity index (χ0n) is 16.1. The second kappa shape index (κ2) is 12.7. The van der Waals surface area contributed by atoms with E-state index < -0.39 is 0 Å². The van der Waals surface area contributed by atoms with Crippen LogP contribution in [0.1, 0.15) is 59.6 Å². The van der Waals surface area contributed by atoms with Crippen LogP contribution in [-0.4, -0.2) is 0 Å². The predicted molar refractivity (Wildman–Crippen MR) is 107 cm³/mol. The van der Waals surface area contributed by atoms with Gasteiger partial charge in [-0.15, -0.1) is 0 Å². The van der Waals surface area contributed by atoms with Crippen LogP contribution in [0.5, 0.6) is 0 Å². The van der Waals surface area contributed by atoms with Crippen LogP contribution in [0.3, 0.4) is 0 Å². The van der Waals surface area contributed by atoms with E-state index >= 15 is 0 Å². The van der Waals surface area contributed by atoms with Gasteiger partial charge in [-0.25, -0.2) is 0 Å². The molecule has 0 heteroatoms. The fourth-order valence-electron chi connectivity index (χ4n) is 2.08. The molecular weight excluding hydrogens is 276 g/mol. The average molecular weight is 311 g/mol. The van der Waals surface area contributed by atoms with Crippen molar-refractivity contribution >= 4 is 12.2 Å². The summed E-state index contributed by atoms with van der Waals surface area (Å²) in [5, 5.41) is 2.66. The van der Waals surface area contributed by atoms with Crippen molar-refractivity contribution in [2.45, 2.75) is 54.9 Å². The molecule has 0 amide bonds. The molecule has 0 radical (unpaired) electrons. The normalized spacial score (nSPS) is 10.4. The fourth-order valence-corrected chi connectivity index (χ4v) is 2.08. The van der Waals surface area contributed by atoms with E-state index in [1.54, 1.807) is 0 Å².